The van der Waals surface area contributed by atoms with Crippen molar-refractivity contribution in [2.75, 3.05) is 19.0 Å². The SMILES string of the molecule is COc1ccc(NC(=O)N2CCCCC2C(=O)O)cc1. The number of carbonyl (C=O) groups is 2. The van der Waals surface area contributed by atoms with E-state index in [9.17, 15) is 9.59 Å². The van der Waals surface area contributed by atoms with Crippen LogP contribution in [0, 0.1) is 0 Å². The van der Waals surface area contributed by atoms with E-state index in [0.29, 0.717) is 24.4 Å². The minimum Gasteiger partial charge on any atom is -0.497 e. The van der Waals surface area contributed by atoms with E-state index in [1.807, 2.05) is 0 Å². The number of ether oxygens (including phenoxy) is 1. The van der Waals surface area contributed by atoms with Gasteiger partial charge in [-0.1, -0.05) is 0 Å². The van der Waals surface area contributed by atoms with Gasteiger partial charge >= 0.3 is 12.0 Å². The topological polar surface area (TPSA) is 78.9 Å². The van der Waals surface area contributed by atoms with Crippen molar-refractivity contribution in [3.8, 4) is 5.75 Å². The molecule has 2 rings (SSSR count). The highest BCUT2D eigenvalue weighted by atomic mass is 16.5. The largest absolute Gasteiger partial charge is 0.497 e. The number of piperidine rings is 1. The van der Waals surface area contributed by atoms with E-state index in [1.165, 1.54) is 4.90 Å². The van der Waals surface area contributed by atoms with E-state index in [-0.39, 0.29) is 6.03 Å². The Hall–Kier alpha value is -2.24. The fraction of sp³-hybridized carbons (Fsp3) is 0.429. The third-order valence-electron chi connectivity index (χ3n) is 3.39. The van der Waals surface area contributed by atoms with E-state index >= 15 is 0 Å². The molecule has 20 heavy (non-hydrogen) atoms. The Labute approximate surface area is 117 Å². The van der Waals surface area contributed by atoms with Crippen LogP contribution in [-0.2, 0) is 4.79 Å². The Morgan fingerprint density at radius 1 is 1.30 bits per heavy atom. The minimum absolute atomic E-state index is 0.373. The summed E-state index contributed by atoms with van der Waals surface area (Å²) in [6.45, 7) is 0.471. The molecule has 0 saturated carbocycles. The number of aliphatic carboxylic acids is 1. The van der Waals surface area contributed by atoms with Gasteiger partial charge in [0.05, 0.1) is 7.11 Å². The summed E-state index contributed by atoms with van der Waals surface area (Å²) in [4.78, 5) is 24.7. The molecule has 6 nitrogen and oxygen atoms in total. The molecule has 0 aromatic heterocycles. The molecule has 1 fully saturated rings. The molecular weight excluding hydrogens is 260 g/mol. The maximum Gasteiger partial charge on any atom is 0.326 e. The smallest absolute Gasteiger partial charge is 0.326 e. The van der Waals surface area contributed by atoms with Crippen LogP contribution in [0.2, 0.25) is 0 Å². The Morgan fingerprint density at radius 3 is 2.60 bits per heavy atom. The van der Waals surface area contributed by atoms with Gasteiger partial charge in [-0.25, -0.2) is 9.59 Å². The summed E-state index contributed by atoms with van der Waals surface area (Å²) in [5.74, 6) is -0.251. The van der Waals surface area contributed by atoms with E-state index in [1.54, 1.807) is 31.4 Å². The van der Waals surface area contributed by atoms with E-state index in [0.717, 1.165) is 12.8 Å². The van der Waals surface area contributed by atoms with Gasteiger partial charge in [0.2, 0.25) is 0 Å². The Bertz CT molecular complexity index is 486. The fourth-order valence-corrected chi connectivity index (χ4v) is 2.30. The van der Waals surface area contributed by atoms with Crippen molar-refractivity contribution in [1.29, 1.82) is 0 Å². The number of anilines is 1. The van der Waals surface area contributed by atoms with Gasteiger partial charge in [0, 0.05) is 12.2 Å². The van der Waals surface area contributed by atoms with Gasteiger partial charge in [0.25, 0.3) is 0 Å². The lowest BCUT2D eigenvalue weighted by Gasteiger charge is -2.32. The third kappa shape index (κ3) is 3.20. The molecule has 1 atom stereocenters. The van der Waals surface area contributed by atoms with Crippen molar-refractivity contribution in [3.05, 3.63) is 24.3 Å². The number of likely N-dealkylation sites (tertiary alicyclic amines) is 1. The second-order valence-corrected chi connectivity index (χ2v) is 4.70. The maximum absolute atomic E-state index is 12.2. The number of benzene rings is 1. The molecule has 108 valence electrons. The Morgan fingerprint density at radius 2 is 2.00 bits per heavy atom. The first-order valence-corrected chi connectivity index (χ1v) is 6.56. The molecule has 1 aromatic rings. The van der Waals surface area contributed by atoms with Crippen molar-refractivity contribution < 1.29 is 19.4 Å². The van der Waals surface area contributed by atoms with Crippen molar-refractivity contribution in [2.24, 2.45) is 0 Å². The van der Waals surface area contributed by atoms with Crippen molar-refractivity contribution >= 4 is 17.7 Å². The normalized spacial score (nSPS) is 18.4. The minimum atomic E-state index is -0.949. The number of carboxylic acid groups (broad SMARTS) is 1. The van der Waals surface area contributed by atoms with Crippen LogP contribution in [0.3, 0.4) is 0 Å². The second-order valence-electron chi connectivity index (χ2n) is 4.70. The van der Waals surface area contributed by atoms with Gasteiger partial charge in [-0.15, -0.1) is 0 Å². The molecule has 1 aromatic carbocycles. The van der Waals surface area contributed by atoms with Crippen LogP contribution in [0.1, 0.15) is 19.3 Å². The first-order chi connectivity index (χ1) is 9.61. The lowest BCUT2D eigenvalue weighted by Crippen LogP contribution is -2.49. The molecule has 0 aliphatic carbocycles. The molecule has 2 N–H and O–H groups in total. The molecule has 1 aliphatic rings. The summed E-state index contributed by atoms with van der Waals surface area (Å²) < 4.78 is 5.04. The lowest BCUT2D eigenvalue weighted by atomic mass is 10.0. The molecule has 1 unspecified atom stereocenters. The number of hydrogen-bond acceptors (Lipinski definition) is 3. The van der Waals surface area contributed by atoms with Crippen LogP contribution < -0.4 is 10.1 Å². The summed E-state index contributed by atoms with van der Waals surface area (Å²) in [6, 6.07) is 5.80. The number of hydrogen-bond donors (Lipinski definition) is 2. The average molecular weight is 278 g/mol. The first kappa shape index (κ1) is 14.2. The van der Waals surface area contributed by atoms with Gasteiger partial charge in [0.15, 0.2) is 0 Å². The van der Waals surface area contributed by atoms with Gasteiger partial charge < -0.3 is 20.1 Å². The molecular formula is C14H18N2O4. The number of carboxylic acids is 1. The van der Waals surface area contributed by atoms with E-state index < -0.39 is 12.0 Å². The van der Waals surface area contributed by atoms with Crippen LogP contribution in [0.15, 0.2) is 24.3 Å². The number of methoxy groups -OCH3 is 1. The van der Waals surface area contributed by atoms with Crippen molar-refractivity contribution in [1.82, 2.24) is 4.90 Å². The van der Waals surface area contributed by atoms with Crippen LogP contribution in [0.5, 0.6) is 5.75 Å². The monoisotopic (exact) mass is 278 g/mol. The summed E-state index contributed by atoms with van der Waals surface area (Å²) in [5.41, 5.74) is 0.616. The lowest BCUT2D eigenvalue weighted by molar-refractivity contribution is -0.143. The number of carbonyl (C=O) groups excluding carboxylic acids is 1. The number of urea groups is 1. The summed E-state index contributed by atoms with van der Waals surface area (Å²) in [6.07, 6.45) is 2.18. The summed E-state index contributed by atoms with van der Waals surface area (Å²) >= 11 is 0. The highest BCUT2D eigenvalue weighted by Gasteiger charge is 2.31. The van der Waals surface area contributed by atoms with Gasteiger partial charge in [-0.05, 0) is 43.5 Å². The second kappa shape index (κ2) is 6.27. The number of rotatable bonds is 3. The van der Waals surface area contributed by atoms with Gasteiger partial charge in [0.1, 0.15) is 11.8 Å². The zero-order valence-corrected chi connectivity index (χ0v) is 11.3. The van der Waals surface area contributed by atoms with Crippen LogP contribution in [-0.4, -0.2) is 41.7 Å². The van der Waals surface area contributed by atoms with E-state index in [4.69, 9.17) is 9.84 Å². The first-order valence-electron chi connectivity index (χ1n) is 6.56. The molecule has 0 radical (unpaired) electrons. The molecule has 6 heteroatoms. The molecule has 1 aliphatic heterocycles. The van der Waals surface area contributed by atoms with E-state index in [2.05, 4.69) is 5.32 Å². The average Bonchev–Trinajstić information content (AvgIpc) is 2.48. The molecule has 1 heterocycles. The van der Waals surface area contributed by atoms with Crippen LogP contribution in [0.25, 0.3) is 0 Å². The maximum atomic E-state index is 12.2. The highest BCUT2D eigenvalue weighted by molar-refractivity contribution is 5.92. The van der Waals surface area contributed by atoms with Crippen molar-refractivity contribution in [3.63, 3.8) is 0 Å². The quantitative estimate of drug-likeness (QED) is 0.888. The highest BCUT2D eigenvalue weighted by Crippen LogP contribution is 2.20. The zero-order valence-electron chi connectivity index (χ0n) is 11.3. The fourth-order valence-electron chi connectivity index (χ4n) is 2.30. The molecule has 2 amide bonds. The number of nitrogens with zero attached hydrogens (tertiary/aromatic N) is 1. The van der Waals surface area contributed by atoms with Gasteiger partial charge in [-0.2, -0.15) is 0 Å². The Kier molecular flexibility index (Phi) is 4.45. The summed E-state index contributed by atoms with van der Waals surface area (Å²) in [5, 5.41) is 11.9. The standard InChI is InChI=1S/C14H18N2O4/c1-20-11-7-5-10(6-8-11)15-14(19)16-9-3-2-4-12(16)13(17)18/h5-8,12H,2-4,9H2,1H3,(H,15,19)(H,17,18). The third-order valence-corrected chi connectivity index (χ3v) is 3.39. The molecule has 0 spiro atoms. The van der Waals surface area contributed by atoms with Gasteiger partial charge in [-0.3, -0.25) is 0 Å². The zero-order chi connectivity index (χ0) is 14.5. The Balaban J connectivity index is 2.03. The number of amides is 2. The molecule has 1 saturated heterocycles. The predicted molar refractivity (Wildman–Crippen MR) is 74.0 cm³/mol. The molecule has 0 bridgehead atoms. The van der Waals surface area contributed by atoms with Crippen molar-refractivity contribution in [2.45, 2.75) is 25.3 Å². The van der Waals surface area contributed by atoms with Crippen LogP contribution in [0.4, 0.5) is 10.5 Å². The number of nitrogens with one attached hydrogen (secondary N) is 1. The summed E-state index contributed by atoms with van der Waals surface area (Å²) in [7, 11) is 1.57. The predicted octanol–water partition coefficient (Wildman–Crippen LogP) is 2.17. The van der Waals surface area contributed by atoms with Crippen LogP contribution >= 0.6 is 0 Å².